The van der Waals surface area contributed by atoms with Gasteiger partial charge < -0.3 is 5.73 Å². The highest BCUT2D eigenvalue weighted by molar-refractivity contribution is 7.89. The van der Waals surface area contributed by atoms with E-state index >= 15 is 0 Å². The highest BCUT2D eigenvalue weighted by Crippen LogP contribution is 2.30. The number of nitrogens with zero attached hydrogens (tertiary/aromatic N) is 1. The molecule has 4 nitrogen and oxygen atoms in total. The van der Waals surface area contributed by atoms with Crippen LogP contribution < -0.4 is 5.73 Å². The van der Waals surface area contributed by atoms with Crippen LogP contribution in [-0.4, -0.2) is 37.1 Å². The summed E-state index contributed by atoms with van der Waals surface area (Å²) in [5.74, 6) is 0.316. The van der Waals surface area contributed by atoms with Gasteiger partial charge in [-0.3, -0.25) is 0 Å². The second-order valence-corrected chi connectivity index (χ2v) is 5.64. The van der Waals surface area contributed by atoms with E-state index in [0.29, 0.717) is 12.3 Å². The number of rotatable bonds is 1. The van der Waals surface area contributed by atoms with E-state index in [9.17, 15) is 8.42 Å². The quantitative estimate of drug-likeness (QED) is 0.607. The first-order chi connectivity index (χ1) is 5.61. The molecule has 12 heavy (non-hydrogen) atoms. The molecule has 2 fully saturated rings. The third kappa shape index (κ3) is 1.36. The molecule has 1 aliphatic carbocycles. The highest BCUT2D eigenvalue weighted by Gasteiger charge is 2.44. The van der Waals surface area contributed by atoms with E-state index in [4.69, 9.17) is 5.73 Å². The summed E-state index contributed by atoms with van der Waals surface area (Å²) in [7, 11) is -2.94. The average Bonchev–Trinajstić information content (AvgIpc) is 2.66. The minimum absolute atomic E-state index is 0.0953. The van der Waals surface area contributed by atoms with E-state index in [1.807, 2.05) is 0 Å². The monoisotopic (exact) mass is 190 g/mol. The Morgan fingerprint density at radius 1 is 1.33 bits per heavy atom. The Morgan fingerprint density at radius 2 is 2.00 bits per heavy atom. The Balaban J connectivity index is 2.12. The van der Waals surface area contributed by atoms with E-state index in [2.05, 4.69) is 0 Å². The van der Waals surface area contributed by atoms with Gasteiger partial charge in [0, 0.05) is 18.6 Å². The van der Waals surface area contributed by atoms with E-state index in [1.165, 1.54) is 0 Å². The van der Waals surface area contributed by atoms with Gasteiger partial charge in [0.25, 0.3) is 0 Å². The molecule has 1 saturated carbocycles. The largest absolute Gasteiger partial charge is 0.326 e. The van der Waals surface area contributed by atoms with Crippen molar-refractivity contribution in [3.63, 3.8) is 0 Å². The second-order valence-electron chi connectivity index (χ2n) is 3.60. The van der Waals surface area contributed by atoms with Gasteiger partial charge in [0.2, 0.25) is 10.0 Å². The maximum atomic E-state index is 11.5. The molecule has 1 saturated heterocycles. The Bertz CT molecular complexity index is 275. The van der Waals surface area contributed by atoms with Gasteiger partial charge >= 0.3 is 0 Å². The smallest absolute Gasteiger partial charge is 0.214 e. The molecule has 5 heteroatoms. The number of hydrogen-bond donors (Lipinski definition) is 1. The first-order valence-electron chi connectivity index (χ1n) is 4.36. The van der Waals surface area contributed by atoms with Gasteiger partial charge in [-0.05, 0) is 19.3 Å². The minimum atomic E-state index is -2.94. The van der Waals surface area contributed by atoms with E-state index in [1.54, 1.807) is 4.31 Å². The summed E-state index contributed by atoms with van der Waals surface area (Å²) in [6, 6.07) is 0.216. The second kappa shape index (κ2) is 2.68. The van der Waals surface area contributed by atoms with Crippen molar-refractivity contribution < 1.29 is 8.42 Å². The molecule has 0 aromatic carbocycles. The van der Waals surface area contributed by atoms with Crippen molar-refractivity contribution in [1.82, 2.24) is 4.31 Å². The predicted octanol–water partition coefficient (Wildman–Crippen LogP) is -0.488. The minimum Gasteiger partial charge on any atom is -0.326 e. The number of hydrogen-bond acceptors (Lipinski definition) is 3. The van der Waals surface area contributed by atoms with Gasteiger partial charge in [-0.1, -0.05) is 0 Å². The molecule has 2 unspecified atom stereocenters. The van der Waals surface area contributed by atoms with Crippen LogP contribution in [-0.2, 0) is 10.0 Å². The van der Waals surface area contributed by atoms with Crippen molar-refractivity contribution in [3.05, 3.63) is 0 Å². The van der Waals surface area contributed by atoms with Crippen LogP contribution in [0.5, 0.6) is 0 Å². The molecule has 0 spiro atoms. The first-order valence-corrected chi connectivity index (χ1v) is 5.97. The Kier molecular flexibility index (Phi) is 1.89. The van der Waals surface area contributed by atoms with Gasteiger partial charge in [0.05, 0.1) is 5.75 Å². The van der Waals surface area contributed by atoms with Crippen LogP contribution in [0.1, 0.15) is 19.3 Å². The van der Waals surface area contributed by atoms with Crippen molar-refractivity contribution in [2.75, 3.05) is 12.3 Å². The summed E-state index contributed by atoms with van der Waals surface area (Å²) in [5.41, 5.74) is 5.61. The maximum Gasteiger partial charge on any atom is 0.214 e. The molecule has 0 bridgehead atoms. The fourth-order valence-electron chi connectivity index (χ4n) is 1.71. The van der Waals surface area contributed by atoms with E-state index in [-0.39, 0.29) is 12.1 Å². The molecule has 0 amide bonds. The van der Waals surface area contributed by atoms with E-state index in [0.717, 1.165) is 19.3 Å². The van der Waals surface area contributed by atoms with Crippen molar-refractivity contribution in [3.8, 4) is 0 Å². The Hall–Kier alpha value is -0.130. The molecule has 2 rings (SSSR count). The van der Waals surface area contributed by atoms with Gasteiger partial charge in [-0.15, -0.1) is 0 Å². The Labute approximate surface area is 72.8 Å². The topological polar surface area (TPSA) is 63.4 Å². The molecule has 1 heterocycles. The molecule has 0 radical (unpaired) electrons. The van der Waals surface area contributed by atoms with Crippen molar-refractivity contribution in [2.45, 2.75) is 31.3 Å². The SMILES string of the molecule is NC1CC1N1CCCCS1(=O)=O. The molecular formula is C7H14N2O2S. The van der Waals surface area contributed by atoms with Crippen LogP contribution in [0.15, 0.2) is 0 Å². The Morgan fingerprint density at radius 3 is 2.50 bits per heavy atom. The third-order valence-electron chi connectivity index (χ3n) is 2.56. The van der Waals surface area contributed by atoms with Crippen LogP contribution in [0.2, 0.25) is 0 Å². The summed E-state index contributed by atoms with van der Waals surface area (Å²) in [6.45, 7) is 0.681. The molecule has 2 atom stereocenters. The number of nitrogens with two attached hydrogens (primary N) is 1. The summed E-state index contributed by atoms with van der Waals surface area (Å²) in [6.07, 6.45) is 2.64. The molecule has 0 aromatic rings. The molecule has 1 aliphatic heterocycles. The van der Waals surface area contributed by atoms with Gasteiger partial charge in [-0.2, -0.15) is 4.31 Å². The van der Waals surface area contributed by atoms with Gasteiger partial charge in [0.1, 0.15) is 0 Å². The average molecular weight is 190 g/mol. The molecule has 0 aromatic heterocycles. The van der Waals surface area contributed by atoms with E-state index < -0.39 is 10.0 Å². The zero-order valence-corrected chi connectivity index (χ0v) is 7.76. The lowest BCUT2D eigenvalue weighted by Crippen LogP contribution is -2.41. The van der Waals surface area contributed by atoms with Crippen LogP contribution in [0.3, 0.4) is 0 Å². The van der Waals surface area contributed by atoms with Crippen LogP contribution in [0, 0.1) is 0 Å². The van der Waals surface area contributed by atoms with Crippen LogP contribution in [0.4, 0.5) is 0 Å². The zero-order chi connectivity index (χ0) is 8.77. The van der Waals surface area contributed by atoms with Crippen LogP contribution >= 0.6 is 0 Å². The molecule has 2 N–H and O–H groups in total. The third-order valence-corrected chi connectivity index (χ3v) is 4.54. The zero-order valence-electron chi connectivity index (χ0n) is 6.94. The normalized spacial score (nSPS) is 41.1. The van der Waals surface area contributed by atoms with Crippen molar-refractivity contribution in [1.29, 1.82) is 0 Å². The molecular weight excluding hydrogens is 176 g/mol. The fourth-order valence-corrected chi connectivity index (χ4v) is 3.58. The van der Waals surface area contributed by atoms with Gasteiger partial charge in [-0.25, -0.2) is 8.42 Å². The van der Waals surface area contributed by atoms with Crippen LogP contribution in [0.25, 0.3) is 0 Å². The van der Waals surface area contributed by atoms with Crippen molar-refractivity contribution >= 4 is 10.0 Å². The first kappa shape index (κ1) is 8.47. The molecule has 70 valence electrons. The number of sulfonamides is 1. The summed E-state index contributed by atoms with van der Waals surface area (Å²) >= 11 is 0. The predicted molar refractivity (Wildman–Crippen MR) is 46.1 cm³/mol. The summed E-state index contributed by atoms with van der Waals surface area (Å²) < 4.78 is 24.6. The standard InChI is InChI=1S/C7H14N2O2S/c8-6-5-7(6)9-3-1-2-4-12(9,10)11/h6-7H,1-5,8H2. The highest BCUT2D eigenvalue weighted by atomic mass is 32.2. The lowest BCUT2D eigenvalue weighted by Gasteiger charge is -2.26. The fraction of sp³-hybridized carbons (Fsp3) is 1.00. The van der Waals surface area contributed by atoms with Gasteiger partial charge in [0.15, 0.2) is 0 Å². The summed E-state index contributed by atoms with van der Waals surface area (Å²) in [5, 5.41) is 0. The summed E-state index contributed by atoms with van der Waals surface area (Å²) in [4.78, 5) is 0. The van der Waals surface area contributed by atoms with Crippen molar-refractivity contribution in [2.24, 2.45) is 5.73 Å². The lowest BCUT2D eigenvalue weighted by molar-refractivity contribution is 0.371. The lowest BCUT2D eigenvalue weighted by atomic mass is 10.3. The molecule has 2 aliphatic rings. The maximum absolute atomic E-state index is 11.5.